The lowest BCUT2D eigenvalue weighted by Crippen LogP contribution is -2.39. The highest BCUT2D eigenvalue weighted by Crippen LogP contribution is 2.30. The second kappa shape index (κ2) is 8.38. The summed E-state index contributed by atoms with van der Waals surface area (Å²) in [7, 11) is -0.487. The lowest BCUT2D eigenvalue weighted by atomic mass is 10.0. The molecule has 0 bridgehead atoms. The van der Waals surface area contributed by atoms with Crippen molar-refractivity contribution < 1.29 is 27.5 Å². The first kappa shape index (κ1) is 20.7. The van der Waals surface area contributed by atoms with Crippen LogP contribution in [0.5, 0.6) is 0 Å². The molecule has 1 aliphatic rings. The summed E-state index contributed by atoms with van der Waals surface area (Å²) in [6, 6.07) is 4.64. The van der Waals surface area contributed by atoms with Crippen LogP contribution in [0, 0.1) is 0 Å². The Kier molecular flexibility index (Phi) is 6.42. The van der Waals surface area contributed by atoms with Gasteiger partial charge < -0.3 is 15.0 Å². The summed E-state index contributed by atoms with van der Waals surface area (Å²) in [5.41, 5.74) is 1.54. The van der Waals surface area contributed by atoms with Crippen LogP contribution in [0.1, 0.15) is 22.3 Å². The van der Waals surface area contributed by atoms with Crippen molar-refractivity contribution in [3.8, 4) is 0 Å². The molecule has 1 N–H and O–H groups in total. The van der Waals surface area contributed by atoms with Crippen LogP contribution in [0.3, 0.4) is 0 Å². The smallest absolute Gasteiger partial charge is 0.338 e. The molecule has 1 aromatic carbocycles. The molecule has 1 aliphatic heterocycles. The molecule has 0 saturated carbocycles. The van der Waals surface area contributed by atoms with Gasteiger partial charge in [-0.3, -0.25) is 13.9 Å². The third kappa shape index (κ3) is 5.19. The zero-order chi connectivity index (χ0) is 20.2. The fraction of sp³-hybridized carbons (Fsp3) is 0.471. The summed E-state index contributed by atoms with van der Waals surface area (Å²) in [6.45, 7) is -0.215. The van der Waals surface area contributed by atoms with Crippen LogP contribution in [0.4, 0.5) is 5.69 Å². The average Bonchev–Trinajstić information content (AvgIpc) is 2.63. The highest BCUT2D eigenvalue weighted by Gasteiger charge is 2.25. The van der Waals surface area contributed by atoms with Crippen LogP contribution in [0.15, 0.2) is 18.2 Å². The molecular formula is C17H23N3O6S. The molecule has 0 spiro atoms. The maximum Gasteiger partial charge on any atom is 0.338 e. The molecular weight excluding hydrogens is 374 g/mol. The van der Waals surface area contributed by atoms with Crippen LogP contribution >= 0.6 is 0 Å². The first-order chi connectivity index (χ1) is 12.6. The van der Waals surface area contributed by atoms with Gasteiger partial charge in [-0.2, -0.15) is 0 Å². The summed E-state index contributed by atoms with van der Waals surface area (Å²) in [4.78, 5) is 36.5. The molecule has 9 nitrogen and oxygen atoms in total. The lowest BCUT2D eigenvalue weighted by molar-refractivity contribution is -0.137. The van der Waals surface area contributed by atoms with E-state index in [1.165, 1.54) is 24.5 Å². The zero-order valence-corrected chi connectivity index (χ0v) is 16.3. The molecule has 0 aromatic heterocycles. The van der Waals surface area contributed by atoms with Crippen molar-refractivity contribution >= 4 is 33.5 Å². The van der Waals surface area contributed by atoms with Crippen molar-refractivity contribution in [1.29, 1.82) is 0 Å². The SMILES string of the molecule is CNC(=O)CN(C)C(=O)COC(=O)c1ccc2c(c1)CCCN2S(C)(=O)=O. The highest BCUT2D eigenvalue weighted by molar-refractivity contribution is 7.92. The van der Waals surface area contributed by atoms with E-state index in [0.29, 0.717) is 25.1 Å². The Hall–Kier alpha value is -2.62. The molecule has 0 radical (unpaired) electrons. The van der Waals surface area contributed by atoms with Crippen molar-refractivity contribution in [3.63, 3.8) is 0 Å². The van der Waals surface area contributed by atoms with Gasteiger partial charge in [0.05, 0.1) is 24.1 Å². The van der Waals surface area contributed by atoms with Gasteiger partial charge in [0.15, 0.2) is 6.61 Å². The van der Waals surface area contributed by atoms with E-state index in [1.54, 1.807) is 12.1 Å². The van der Waals surface area contributed by atoms with Gasteiger partial charge in [0.25, 0.3) is 5.91 Å². The van der Waals surface area contributed by atoms with Crippen LogP contribution in [-0.2, 0) is 30.8 Å². The number of carbonyl (C=O) groups is 3. The normalized spacial score (nSPS) is 13.5. The van der Waals surface area contributed by atoms with Gasteiger partial charge in [-0.1, -0.05) is 0 Å². The first-order valence-corrected chi connectivity index (χ1v) is 10.2. The third-order valence-electron chi connectivity index (χ3n) is 4.20. The Labute approximate surface area is 158 Å². The van der Waals surface area contributed by atoms with Crippen molar-refractivity contribution in [2.75, 3.05) is 44.4 Å². The monoisotopic (exact) mass is 397 g/mol. The van der Waals surface area contributed by atoms with E-state index in [0.717, 1.165) is 16.7 Å². The average molecular weight is 397 g/mol. The van der Waals surface area contributed by atoms with Crippen molar-refractivity contribution in [3.05, 3.63) is 29.3 Å². The van der Waals surface area contributed by atoms with E-state index in [-0.39, 0.29) is 18.0 Å². The van der Waals surface area contributed by atoms with Gasteiger partial charge in [0, 0.05) is 20.6 Å². The number of sulfonamides is 1. The zero-order valence-electron chi connectivity index (χ0n) is 15.5. The second-order valence-corrected chi connectivity index (χ2v) is 8.19. The molecule has 2 amide bonds. The Balaban J connectivity index is 2.04. The van der Waals surface area contributed by atoms with Gasteiger partial charge in [0.2, 0.25) is 15.9 Å². The maximum absolute atomic E-state index is 12.2. The van der Waals surface area contributed by atoms with Gasteiger partial charge in [-0.25, -0.2) is 13.2 Å². The van der Waals surface area contributed by atoms with Gasteiger partial charge >= 0.3 is 5.97 Å². The minimum Gasteiger partial charge on any atom is -0.452 e. The van der Waals surface area contributed by atoms with E-state index < -0.39 is 28.5 Å². The lowest BCUT2D eigenvalue weighted by Gasteiger charge is -2.29. The number of aryl methyl sites for hydroxylation is 1. The minimum absolute atomic E-state index is 0.132. The number of nitrogens with zero attached hydrogens (tertiary/aromatic N) is 2. The predicted molar refractivity (Wildman–Crippen MR) is 98.9 cm³/mol. The fourth-order valence-electron chi connectivity index (χ4n) is 2.74. The Morgan fingerprint density at radius 3 is 2.63 bits per heavy atom. The molecule has 0 aliphatic carbocycles. The number of hydrogen-bond donors (Lipinski definition) is 1. The molecule has 10 heteroatoms. The second-order valence-electron chi connectivity index (χ2n) is 6.28. The topological polar surface area (TPSA) is 113 Å². The molecule has 0 saturated heterocycles. The number of fused-ring (bicyclic) bond motifs is 1. The van der Waals surface area contributed by atoms with E-state index in [4.69, 9.17) is 4.74 Å². The quantitative estimate of drug-likeness (QED) is 0.663. The Morgan fingerprint density at radius 1 is 1.30 bits per heavy atom. The van der Waals surface area contributed by atoms with E-state index in [1.807, 2.05) is 0 Å². The van der Waals surface area contributed by atoms with Crippen LogP contribution < -0.4 is 9.62 Å². The summed E-state index contributed by atoms with van der Waals surface area (Å²) in [6.07, 6.45) is 2.45. The van der Waals surface area contributed by atoms with E-state index >= 15 is 0 Å². The van der Waals surface area contributed by atoms with Gasteiger partial charge in [-0.05, 0) is 36.6 Å². The van der Waals surface area contributed by atoms with Crippen molar-refractivity contribution in [2.24, 2.45) is 0 Å². The van der Waals surface area contributed by atoms with Crippen molar-refractivity contribution in [2.45, 2.75) is 12.8 Å². The predicted octanol–water partition coefficient (Wildman–Crippen LogP) is -0.240. The molecule has 0 fully saturated rings. The number of nitrogens with one attached hydrogen (secondary N) is 1. The van der Waals surface area contributed by atoms with Gasteiger partial charge in [0.1, 0.15) is 0 Å². The fourth-order valence-corrected chi connectivity index (χ4v) is 3.73. The number of ether oxygens (including phenoxy) is 1. The molecule has 1 heterocycles. The van der Waals surface area contributed by atoms with E-state index in [2.05, 4.69) is 5.32 Å². The molecule has 2 rings (SSSR count). The van der Waals surface area contributed by atoms with E-state index in [9.17, 15) is 22.8 Å². The number of benzene rings is 1. The maximum atomic E-state index is 12.2. The van der Waals surface area contributed by atoms with Crippen molar-refractivity contribution in [1.82, 2.24) is 10.2 Å². The molecule has 148 valence electrons. The number of esters is 1. The number of amides is 2. The first-order valence-electron chi connectivity index (χ1n) is 8.35. The molecule has 27 heavy (non-hydrogen) atoms. The van der Waals surface area contributed by atoms with Crippen LogP contribution in [-0.4, -0.2) is 71.1 Å². The standard InChI is InChI=1S/C17H23N3O6S/c1-18-15(21)10-19(2)16(22)11-26-17(23)13-6-7-14-12(9-13)5-4-8-20(14)27(3,24)25/h6-7,9H,4-5,8,10-11H2,1-3H3,(H,18,21). The summed E-state index contributed by atoms with van der Waals surface area (Å²) in [5, 5.41) is 2.40. The molecule has 1 aromatic rings. The summed E-state index contributed by atoms with van der Waals surface area (Å²) < 4.78 is 30.1. The molecule has 0 atom stereocenters. The number of rotatable bonds is 6. The van der Waals surface area contributed by atoms with Crippen LogP contribution in [0.2, 0.25) is 0 Å². The molecule has 0 unspecified atom stereocenters. The number of hydrogen-bond acceptors (Lipinski definition) is 6. The Morgan fingerprint density at radius 2 is 2.00 bits per heavy atom. The largest absolute Gasteiger partial charge is 0.452 e. The summed E-state index contributed by atoms with van der Waals surface area (Å²) >= 11 is 0. The Bertz CT molecular complexity index is 852. The highest BCUT2D eigenvalue weighted by atomic mass is 32.2. The third-order valence-corrected chi connectivity index (χ3v) is 5.38. The van der Waals surface area contributed by atoms with Crippen LogP contribution in [0.25, 0.3) is 0 Å². The number of carbonyl (C=O) groups excluding carboxylic acids is 3. The van der Waals surface area contributed by atoms with Gasteiger partial charge in [-0.15, -0.1) is 0 Å². The minimum atomic E-state index is -3.38. The number of likely N-dealkylation sites (N-methyl/N-ethyl adjacent to an activating group) is 2. The number of anilines is 1. The summed E-state index contributed by atoms with van der Waals surface area (Å²) in [5.74, 6) is -1.52.